The lowest BCUT2D eigenvalue weighted by atomic mass is 9.73. The van der Waals surface area contributed by atoms with Crippen molar-refractivity contribution in [3.05, 3.63) is 287 Å². The first kappa shape index (κ1) is 84.9. The van der Waals surface area contributed by atoms with Gasteiger partial charge in [0.05, 0.1) is 72.6 Å². The maximum atomic E-state index is 15.2. The summed E-state index contributed by atoms with van der Waals surface area (Å²) in [5.41, 5.74) is 14.9. The van der Waals surface area contributed by atoms with Crippen molar-refractivity contribution in [1.29, 1.82) is 0 Å². The minimum atomic E-state index is -0.503. The van der Waals surface area contributed by atoms with Crippen molar-refractivity contribution in [2.75, 3.05) is 97.1 Å². The van der Waals surface area contributed by atoms with Gasteiger partial charge < -0.3 is 29.4 Å². The van der Waals surface area contributed by atoms with Gasteiger partial charge in [0.1, 0.15) is 23.3 Å². The van der Waals surface area contributed by atoms with Crippen LogP contribution in [0.25, 0.3) is 44.5 Å². The molecule has 1 saturated carbocycles. The summed E-state index contributed by atoms with van der Waals surface area (Å²) in [4.78, 5) is 71.8. The van der Waals surface area contributed by atoms with Gasteiger partial charge >= 0.3 is 0 Å². The first-order chi connectivity index (χ1) is 61.6. The fourth-order valence-corrected chi connectivity index (χ4v) is 23.1. The maximum absolute atomic E-state index is 15.2. The van der Waals surface area contributed by atoms with E-state index >= 15 is 13.2 Å². The number of aryl methyl sites for hydroxylation is 4. The number of carbonyl (C=O) groups excluding carboxylic acids is 4. The highest BCUT2D eigenvalue weighted by atomic mass is 32.2. The number of anilines is 4. The minimum absolute atomic E-state index is 0.0822. The number of hydrogen-bond acceptors (Lipinski definition) is 13. The quantitative estimate of drug-likeness (QED) is 0.0840. The summed E-state index contributed by atoms with van der Waals surface area (Å²) in [6, 6.07) is 54.4. The molecule has 5 saturated heterocycles. The number of thioether (sulfide) groups is 1. The molecule has 654 valence electrons. The first-order valence-electron chi connectivity index (χ1n) is 44.9. The standard InChI is InChI=1S/C28H31FN4O.C27H29FN4OS.C24H25FN4O.C23H23FN4O/c1-2-32-17-22(16-30-32)20-11-12-21(25(29)15-20)18-33-26-10-6-5-9-24(26)28(27(33)34)13-14-31(19-28)23-7-3-4-8-23;1-30-16-21(15-29-30)19-6-7-20(24(28)14-19)17-32-25-5-3-2-4-23(25)27(26(32)33)9-11-31(12-10-27)22-8-13-34-18-22;1-3-28-11-10-24(16-28)20-6-4-5-7-22(20)29(23(24)30)15-18-9-8-17(12-21(18)25)19-13-26-27(2)14-19;1-26-10-9-23(15-26)19-5-3-4-6-21(19)28(22(23)29)14-17-8-7-16(11-20(17)24)18-12-25-27(2)13-18/h5-6,9-12,15-17,23H,2-4,7-8,13-14,18-19H2,1H3;2-7,14-16,22H,8-13,17-18H2,1H3;4-9,12-14H,3,10-11,15-16H2,1-2H3;3-8,11-13H,9-10,14-15H2,1-2H3. The third kappa shape index (κ3) is 15.7. The fourth-order valence-electron chi connectivity index (χ4n) is 21.8. The number of rotatable bonds is 16. The molecule has 12 aromatic rings. The van der Waals surface area contributed by atoms with Gasteiger partial charge in [-0.15, -0.1) is 0 Å². The van der Waals surface area contributed by atoms with Crippen LogP contribution in [0.3, 0.4) is 0 Å². The highest BCUT2D eigenvalue weighted by Gasteiger charge is 2.58. The molecule has 0 radical (unpaired) electrons. The number of fused-ring (bicyclic) bond motifs is 8. The van der Waals surface area contributed by atoms with E-state index in [0.717, 1.165) is 181 Å². The Kier molecular flexibility index (Phi) is 23.3. The molecule has 4 spiro atoms. The van der Waals surface area contributed by atoms with Gasteiger partial charge in [-0.25, -0.2) is 17.6 Å². The van der Waals surface area contributed by atoms with Crippen molar-refractivity contribution < 1.29 is 36.7 Å². The topological polar surface area (TPSA) is 165 Å². The third-order valence-electron chi connectivity index (χ3n) is 28.9. The molecule has 20 nitrogen and oxygen atoms in total. The Morgan fingerprint density at radius 1 is 0.362 bits per heavy atom. The van der Waals surface area contributed by atoms with Crippen molar-refractivity contribution in [1.82, 2.24) is 58.7 Å². The Morgan fingerprint density at radius 3 is 1.07 bits per heavy atom. The smallest absolute Gasteiger partial charge is 0.239 e. The molecule has 22 rings (SSSR count). The summed E-state index contributed by atoms with van der Waals surface area (Å²) < 4.78 is 67.3. The van der Waals surface area contributed by atoms with Crippen LogP contribution in [-0.4, -0.2) is 172 Å². The molecule has 0 N–H and O–H groups in total. The monoisotopic (exact) mass is 1730 g/mol. The Balaban J connectivity index is 0.000000111. The zero-order valence-corrected chi connectivity index (χ0v) is 73.8. The number of piperidine rings is 1. The molecular weight excluding hydrogens is 1620 g/mol. The molecule has 6 fully saturated rings. The summed E-state index contributed by atoms with van der Waals surface area (Å²) in [5.74, 6) is 1.70. The highest BCUT2D eigenvalue weighted by molar-refractivity contribution is 7.99. The molecule has 10 aliphatic rings. The summed E-state index contributed by atoms with van der Waals surface area (Å²) in [6.07, 6.45) is 24.9. The Labute approximate surface area is 743 Å². The largest absolute Gasteiger partial charge is 0.307 e. The van der Waals surface area contributed by atoms with E-state index in [1.807, 2.05) is 195 Å². The number of para-hydroxylation sites is 4. The van der Waals surface area contributed by atoms with Gasteiger partial charge in [0.25, 0.3) is 0 Å². The molecule has 1 aliphatic carbocycles. The average Bonchev–Trinajstić information content (AvgIpc) is 1.57. The third-order valence-corrected chi connectivity index (χ3v) is 30.0. The first-order valence-corrected chi connectivity index (χ1v) is 46.1. The number of carbonyl (C=O) groups is 4. The molecule has 4 amide bonds. The van der Waals surface area contributed by atoms with Crippen LogP contribution in [0.15, 0.2) is 219 Å². The Bertz CT molecular complexity index is 6160. The number of nitrogens with zero attached hydrogens (tertiary/aromatic N) is 16. The van der Waals surface area contributed by atoms with E-state index in [4.69, 9.17) is 0 Å². The number of hydrogen-bond donors (Lipinski definition) is 0. The Hall–Kier alpha value is -11.6. The number of likely N-dealkylation sites (N-methyl/N-ethyl adjacent to an activating group) is 2. The molecule has 4 aromatic heterocycles. The van der Waals surface area contributed by atoms with E-state index in [1.165, 1.54) is 55.7 Å². The second-order valence-corrected chi connectivity index (χ2v) is 37.4. The van der Waals surface area contributed by atoms with Crippen molar-refractivity contribution in [2.24, 2.45) is 21.1 Å². The summed E-state index contributed by atoms with van der Waals surface area (Å²) in [6.45, 7) is 13.7. The lowest BCUT2D eigenvalue weighted by Gasteiger charge is -2.41. The fraction of sp³-hybridized carbons (Fsp3) is 0.373. The van der Waals surface area contributed by atoms with Crippen molar-refractivity contribution in [3.63, 3.8) is 0 Å². The molecular formula is C102H108F4N16O4S. The molecule has 127 heavy (non-hydrogen) atoms. The minimum Gasteiger partial charge on any atom is -0.307 e. The van der Waals surface area contributed by atoms with E-state index in [9.17, 15) is 23.6 Å². The molecule has 13 heterocycles. The van der Waals surface area contributed by atoms with Gasteiger partial charge in [-0.3, -0.25) is 47.7 Å². The van der Waals surface area contributed by atoms with Crippen LogP contribution in [0.5, 0.6) is 0 Å². The van der Waals surface area contributed by atoms with Crippen LogP contribution in [0.4, 0.5) is 40.3 Å². The number of benzene rings is 8. The summed E-state index contributed by atoms with van der Waals surface area (Å²) in [7, 11) is 7.56. The van der Waals surface area contributed by atoms with Crippen molar-refractivity contribution in [3.8, 4) is 44.5 Å². The van der Waals surface area contributed by atoms with E-state index in [0.29, 0.717) is 40.9 Å². The zero-order chi connectivity index (χ0) is 87.6. The van der Waals surface area contributed by atoms with E-state index in [2.05, 4.69) is 65.1 Å². The van der Waals surface area contributed by atoms with E-state index in [-0.39, 0.29) is 73.1 Å². The maximum Gasteiger partial charge on any atom is 0.239 e. The molecule has 4 atom stereocenters. The van der Waals surface area contributed by atoms with Gasteiger partial charge in [-0.05, 0) is 203 Å². The zero-order valence-electron chi connectivity index (χ0n) is 73.0. The molecule has 8 aromatic carbocycles. The number of halogens is 4. The predicted octanol–water partition coefficient (Wildman–Crippen LogP) is 16.8. The number of amides is 4. The van der Waals surface area contributed by atoms with Crippen molar-refractivity contribution >= 4 is 58.1 Å². The lowest BCUT2D eigenvalue weighted by molar-refractivity contribution is -0.125. The highest BCUT2D eigenvalue weighted by Crippen LogP contribution is 2.54. The molecule has 0 bridgehead atoms. The average molecular weight is 1730 g/mol. The Morgan fingerprint density at radius 2 is 0.717 bits per heavy atom. The molecule has 4 unspecified atom stereocenters. The lowest BCUT2D eigenvalue weighted by Crippen LogP contribution is -2.51. The van der Waals surface area contributed by atoms with Crippen LogP contribution in [0.2, 0.25) is 0 Å². The second kappa shape index (κ2) is 34.9. The second-order valence-electron chi connectivity index (χ2n) is 36.3. The molecule has 9 aliphatic heterocycles. The van der Waals surface area contributed by atoms with Crippen LogP contribution in [0, 0.1) is 23.3 Å². The van der Waals surface area contributed by atoms with Gasteiger partial charge in [0.15, 0.2) is 0 Å². The van der Waals surface area contributed by atoms with E-state index < -0.39 is 21.7 Å². The van der Waals surface area contributed by atoms with Gasteiger partial charge in [0.2, 0.25) is 23.6 Å². The van der Waals surface area contributed by atoms with Crippen LogP contribution in [0.1, 0.15) is 123 Å². The van der Waals surface area contributed by atoms with Gasteiger partial charge in [-0.1, -0.05) is 141 Å². The van der Waals surface area contributed by atoms with Crippen molar-refractivity contribution in [2.45, 2.75) is 145 Å². The van der Waals surface area contributed by atoms with Crippen LogP contribution >= 0.6 is 11.8 Å². The number of likely N-dealkylation sites (tertiary alicyclic amines) is 4. The SMILES string of the molecule is CCN1CCC2(C1)C(=O)N(Cc1ccc(-c3cnn(C)c3)cc1F)c1ccccc12.CCn1cc(-c2ccc(CN3C(=O)C4(CCN(C5CCCC5)C4)c4ccccc43)c(F)c2)cn1.CN1CCC2(C1)C(=O)N(Cc1ccc(-c3cnn(C)c3)cc1F)c1ccccc12.Cn1cc(-c2ccc(CN3C(=O)C4(CCN(C5CCSC5)CC4)c4ccccc43)c(F)c2)cn1. The summed E-state index contributed by atoms with van der Waals surface area (Å²) >= 11 is 2.04. The summed E-state index contributed by atoms with van der Waals surface area (Å²) in [5, 5.41) is 16.8. The van der Waals surface area contributed by atoms with Gasteiger partial charge in [0, 0.05) is 157 Å². The normalized spacial score (nSPS) is 21.9. The van der Waals surface area contributed by atoms with Crippen LogP contribution in [-0.2, 0) is 94.7 Å². The van der Waals surface area contributed by atoms with Crippen LogP contribution < -0.4 is 19.6 Å². The number of aromatic nitrogens is 8. The molecule has 25 heteroatoms. The van der Waals surface area contributed by atoms with E-state index in [1.54, 1.807) is 79.0 Å². The predicted molar refractivity (Wildman–Crippen MR) is 490 cm³/mol. The van der Waals surface area contributed by atoms with Gasteiger partial charge in [-0.2, -0.15) is 32.2 Å².